The van der Waals surface area contributed by atoms with E-state index < -0.39 is 5.82 Å². The Bertz CT molecular complexity index is 1350. The first-order chi connectivity index (χ1) is 16.0. The molecule has 0 aliphatic carbocycles. The summed E-state index contributed by atoms with van der Waals surface area (Å²) in [4.78, 5) is 21.8. The Morgan fingerprint density at radius 2 is 1.76 bits per heavy atom. The Morgan fingerprint density at radius 1 is 1.00 bits per heavy atom. The minimum atomic E-state index is -0.604. The quantitative estimate of drug-likeness (QED) is 0.465. The number of fused-ring (bicyclic) bond motifs is 2. The zero-order chi connectivity index (χ0) is 22.9. The fourth-order valence-corrected chi connectivity index (χ4v) is 3.35. The molecule has 3 heterocycles. The molecule has 0 unspecified atom stereocenters. The maximum absolute atomic E-state index is 14.4. The van der Waals surface area contributed by atoms with Gasteiger partial charge in [0.2, 0.25) is 5.95 Å². The Hall–Kier alpha value is -4.34. The van der Waals surface area contributed by atoms with E-state index in [0.717, 1.165) is 11.6 Å². The number of aromatic nitrogens is 2. The molecule has 168 valence electrons. The molecule has 0 spiro atoms. The summed E-state index contributed by atoms with van der Waals surface area (Å²) in [6, 6.07) is 12.2. The van der Waals surface area contributed by atoms with Gasteiger partial charge < -0.3 is 29.4 Å². The molecule has 2 N–H and O–H groups in total. The summed E-state index contributed by atoms with van der Waals surface area (Å²) in [5, 5.41) is 6.73. The Morgan fingerprint density at radius 3 is 2.58 bits per heavy atom. The number of benzene rings is 2. The number of ether oxygens (including phenoxy) is 2. The number of hydrogen-bond donors (Lipinski definition) is 2. The van der Waals surface area contributed by atoms with Crippen molar-refractivity contribution in [2.45, 2.75) is 0 Å². The van der Waals surface area contributed by atoms with Crippen molar-refractivity contribution in [1.29, 1.82) is 0 Å². The van der Waals surface area contributed by atoms with Gasteiger partial charge in [0.15, 0.2) is 28.9 Å². The van der Waals surface area contributed by atoms with Crippen molar-refractivity contribution in [3.8, 4) is 11.5 Å². The predicted molar refractivity (Wildman–Crippen MR) is 120 cm³/mol. The van der Waals surface area contributed by atoms with Crippen LogP contribution in [0.4, 0.5) is 27.5 Å². The summed E-state index contributed by atoms with van der Waals surface area (Å²) in [7, 11) is 3.32. The Kier molecular flexibility index (Phi) is 5.17. The molecule has 33 heavy (non-hydrogen) atoms. The molecule has 0 bridgehead atoms. The van der Waals surface area contributed by atoms with Crippen LogP contribution in [0.5, 0.6) is 11.5 Å². The second kappa shape index (κ2) is 8.30. The highest BCUT2D eigenvalue weighted by Gasteiger charge is 2.16. The van der Waals surface area contributed by atoms with E-state index >= 15 is 0 Å². The molecule has 2 aromatic heterocycles. The van der Waals surface area contributed by atoms with Gasteiger partial charge in [0, 0.05) is 36.9 Å². The molecular weight excluding hydrogens is 429 g/mol. The van der Waals surface area contributed by atoms with Gasteiger partial charge in [0.05, 0.1) is 6.20 Å². The molecule has 0 atom stereocenters. The molecule has 0 fully saturated rings. The minimum Gasteiger partial charge on any atom is -0.486 e. The van der Waals surface area contributed by atoms with Gasteiger partial charge in [0.25, 0.3) is 5.91 Å². The molecule has 0 saturated carbocycles. The second-order valence-corrected chi connectivity index (χ2v) is 7.56. The normalized spacial score (nSPS) is 12.5. The smallest absolute Gasteiger partial charge is 0.289 e. The number of furan rings is 1. The lowest BCUT2D eigenvalue weighted by molar-refractivity contribution is 0.0799. The summed E-state index contributed by atoms with van der Waals surface area (Å²) >= 11 is 0. The van der Waals surface area contributed by atoms with E-state index in [4.69, 9.17) is 13.9 Å². The highest BCUT2D eigenvalue weighted by molar-refractivity contribution is 5.96. The van der Waals surface area contributed by atoms with Gasteiger partial charge in [0.1, 0.15) is 18.8 Å². The number of nitrogens with zero attached hydrogens (tertiary/aromatic N) is 3. The van der Waals surface area contributed by atoms with E-state index in [2.05, 4.69) is 20.6 Å². The number of amides is 1. The maximum atomic E-state index is 14.4. The predicted octanol–water partition coefficient (Wildman–Crippen LogP) is 4.32. The number of halogens is 1. The summed E-state index contributed by atoms with van der Waals surface area (Å²) in [5.74, 6) is 0.847. The zero-order valence-electron chi connectivity index (χ0n) is 17.9. The molecule has 0 saturated heterocycles. The van der Waals surface area contributed by atoms with E-state index in [1.807, 2.05) is 0 Å². The van der Waals surface area contributed by atoms with Gasteiger partial charge in [-0.3, -0.25) is 4.79 Å². The first kappa shape index (κ1) is 20.6. The third-order valence-electron chi connectivity index (χ3n) is 4.94. The number of hydrogen-bond acceptors (Lipinski definition) is 8. The average molecular weight is 449 g/mol. The first-order valence-corrected chi connectivity index (χ1v) is 10.2. The summed E-state index contributed by atoms with van der Waals surface area (Å²) in [6.07, 6.45) is 1.08. The van der Waals surface area contributed by atoms with Crippen molar-refractivity contribution < 1.29 is 23.1 Å². The number of nitrogens with one attached hydrogen (secondary N) is 2. The van der Waals surface area contributed by atoms with Crippen molar-refractivity contribution in [3.63, 3.8) is 0 Å². The van der Waals surface area contributed by atoms with Crippen molar-refractivity contribution in [2.24, 2.45) is 0 Å². The zero-order valence-corrected chi connectivity index (χ0v) is 17.9. The van der Waals surface area contributed by atoms with Gasteiger partial charge in [-0.2, -0.15) is 4.98 Å². The standard InChI is InChI=1S/C23H20FN5O4/c1-29(2)22(30)20-10-13-9-14(3-5-17(13)33-20)27-23-25-12-16(24)21(28-23)26-15-4-6-18-19(11-15)32-8-7-31-18/h3-6,9-12H,7-8H2,1-2H3,(H2,25,26,27,28). The van der Waals surface area contributed by atoms with E-state index in [-0.39, 0.29) is 23.4 Å². The topological polar surface area (TPSA) is 102 Å². The van der Waals surface area contributed by atoms with Crippen LogP contribution in [0.2, 0.25) is 0 Å². The third-order valence-corrected chi connectivity index (χ3v) is 4.94. The molecule has 5 rings (SSSR count). The van der Waals surface area contributed by atoms with Crippen LogP contribution in [-0.2, 0) is 0 Å². The molecule has 1 aliphatic rings. The van der Waals surface area contributed by atoms with Gasteiger partial charge >= 0.3 is 0 Å². The number of carbonyl (C=O) groups is 1. The summed E-state index contributed by atoms with van der Waals surface area (Å²) in [5.41, 5.74) is 1.83. The van der Waals surface area contributed by atoms with Crippen molar-refractivity contribution in [3.05, 3.63) is 60.2 Å². The molecule has 2 aromatic carbocycles. The maximum Gasteiger partial charge on any atom is 0.289 e. The highest BCUT2D eigenvalue weighted by atomic mass is 19.1. The highest BCUT2D eigenvalue weighted by Crippen LogP contribution is 2.34. The van der Waals surface area contributed by atoms with Crippen LogP contribution in [-0.4, -0.2) is 48.1 Å². The Labute approximate surface area is 188 Å². The van der Waals surface area contributed by atoms with E-state index in [1.54, 1.807) is 56.6 Å². The Balaban J connectivity index is 1.36. The van der Waals surface area contributed by atoms with Crippen LogP contribution in [0.15, 0.2) is 53.1 Å². The van der Waals surface area contributed by atoms with Crippen molar-refractivity contribution >= 4 is 40.0 Å². The fourth-order valence-electron chi connectivity index (χ4n) is 3.35. The van der Waals surface area contributed by atoms with Crippen molar-refractivity contribution in [1.82, 2.24) is 14.9 Å². The van der Waals surface area contributed by atoms with Crippen LogP contribution in [0.1, 0.15) is 10.6 Å². The number of carbonyl (C=O) groups excluding carboxylic acids is 1. The lowest BCUT2D eigenvalue weighted by Gasteiger charge is -2.19. The van der Waals surface area contributed by atoms with E-state index in [1.165, 1.54) is 4.90 Å². The molecule has 0 radical (unpaired) electrons. The molecule has 1 aliphatic heterocycles. The first-order valence-electron chi connectivity index (χ1n) is 10.2. The average Bonchev–Trinajstić information content (AvgIpc) is 3.24. The largest absolute Gasteiger partial charge is 0.486 e. The number of rotatable bonds is 5. The van der Waals surface area contributed by atoms with Crippen LogP contribution in [0.25, 0.3) is 11.0 Å². The lowest BCUT2D eigenvalue weighted by Crippen LogP contribution is -2.20. The molecule has 1 amide bonds. The number of anilines is 4. The SMILES string of the molecule is CN(C)C(=O)c1cc2cc(Nc3ncc(F)c(Nc4ccc5c(c4)OCCO5)n3)ccc2o1. The lowest BCUT2D eigenvalue weighted by atomic mass is 10.2. The van der Waals surface area contributed by atoms with Crippen molar-refractivity contribution in [2.75, 3.05) is 37.9 Å². The molecule has 10 heteroatoms. The van der Waals surface area contributed by atoms with E-state index in [9.17, 15) is 9.18 Å². The third kappa shape index (κ3) is 4.22. The van der Waals surface area contributed by atoms with Crippen LogP contribution < -0.4 is 20.1 Å². The van der Waals surface area contributed by atoms with Gasteiger partial charge in [-0.25, -0.2) is 9.37 Å². The minimum absolute atomic E-state index is 0.00688. The molecule has 9 nitrogen and oxygen atoms in total. The molecule has 4 aromatic rings. The summed E-state index contributed by atoms with van der Waals surface area (Å²) < 4.78 is 31.0. The van der Waals surface area contributed by atoms with Gasteiger partial charge in [-0.1, -0.05) is 0 Å². The second-order valence-electron chi connectivity index (χ2n) is 7.56. The van der Waals surface area contributed by atoms with E-state index in [0.29, 0.717) is 41.7 Å². The van der Waals surface area contributed by atoms with Gasteiger partial charge in [-0.15, -0.1) is 0 Å². The molecular formula is C23H20FN5O4. The monoisotopic (exact) mass is 449 g/mol. The van der Waals surface area contributed by atoms with Gasteiger partial charge in [-0.05, 0) is 36.4 Å². The summed E-state index contributed by atoms with van der Waals surface area (Å²) in [6.45, 7) is 0.950. The van der Waals surface area contributed by atoms with Crippen LogP contribution in [0, 0.1) is 5.82 Å². The fraction of sp³-hybridized carbons (Fsp3) is 0.174. The van der Waals surface area contributed by atoms with Crippen LogP contribution >= 0.6 is 0 Å². The van der Waals surface area contributed by atoms with Crippen LogP contribution in [0.3, 0.4) is 0 Å².